The number of hydrogen-bond donors (Lipinski definition) is 0. The first kappa shape index (κ1) is 24.0. The predicted molar refractivity (Wildman–Crippen MR) is 149 cm³/mol. The van der Waals surface area contributed by atoms with E-state index in [1.165, 1.54) is 5.56 Å². The lowest BCUT2D eigenvalue weighted by molar-refractivity contribution is 0.838. The molecular formula is C31H35NOSi. The van der Waals surface area contributed by atoms with Crippen molar-refractivity contribution in [2.45, 2.75) is 65.1 Å². The van der Waals surface area contributed by atoms with Crippen LogP contribution in [-0.2, 0) is 0 Å². The van der Waals surface area contributed by atoms with Crippen molar-refractivity contribution in [2.24, 2.45) is 0 Å². The summed E-state index contributed by atoms with van der Waals surface area (Å²) in [4.78, 5) is 13.3. The fraction of sp³-hybridized carbons (Fsp3) is 0.323. The molecule has 0 amide bonds. The average molecular weight is 466 g/mol. The molecule has 0 aliphatic heterocycles. The monoisotopic (exact) mass is 465 g/mol. The molecule has 0 unspecified atom stereocenters. The first-order valence-electron chi connectivity index (χ1n) is 12.3. The van der Waals surface area contributed by atoms with Crippen molar-refractivity contribution in [1.82, 2.24) is 4.40 Å². The second-order valence-corrected chi connectivity index (χ2v) is 15.9. The van der Waals surface area contributed by atoms with E-state index in [-0.39, 0.29) is 5.56 Å². The van der Waals surface area contributed by atoms with E-state index in [9.17, 15) is 4.79 Å². The Hall–Kier alpha value is -3.09. The van der Waals surface area contributed by atoms with Crippen LogP contribution in [0.5, 0.6) is 0 Å². The molecule has 2 aromatic heterocycles. The third-order valence-electron chi connectivity index (χ3n) is 7.48. The van der Waals surface area contributed by atoms with E-state index in [0.717, 1.165) is 33.1 Å². The Bertz CT molecular complexity index is 1440. The maximum absolute atomic E-state index is 13.3. The molecule has 0 radical (unpaired) electrons. The molecule has 0 saturated carbocycles. The second kappa shape index (κ2) is 9.28. The summed E-state index contributed by atoms with van der Waals surface area (Å²) in [7, 11) is -1.96. The summed E-state index contributed by atoms with van der Waals surface area (Å²) < 4.78 is 1.86. The zero-order chi connectivity index (χ0) is 24.6. The highest BCUT2D eigenvalue weighted by molar-refractivity contribution is 6.90. The minimum absolute atomic E-state index is 0.0260. The molecule has 3 heteroatoms. The van der Waals surface area contributed by atoms with E-state index in [2.05, 4.69) is 102 Å². The third kappa shape index (κ3) is 3.91. The van der Waals surface area contributed by atoms with Crippen molar-refractivity contribution in [3.05, 3.63) is 88.2 Å². The van der Waals surface area contributed by atoms with Crippen molar-refractivity contribution in [3.63, 3.8) is 0 Å². The quantitative estimate of drug-likeness (QED) is 0.170. The first-order valence-corrected chi connectivity index (χ1v) is 14.6. The molecule has 0 atom stereocenters. The van der Waals surface area contributed by atoms with Gasteiger partial charge in [0, 0.05) is 16.8 Å². The van der Waals surface area contributed by atoms with Gasteiger partial charge < -0.3 is 0 Å². The summed E-state index contributed by atoms with van der Waals surface area (Å²) in [5.41, 5.74) is 10.5. The van der Waals surface area contributed by atoms with Crippen molar-refractivity contribution < 1.29 is 0 Å². The third-order valence-corrected chi connectivity index (χ3v) is 13.8. The van der Waals surface area contributed by atoms with Crippen LogP contribution in [-0.4, -0.2) is 12.5 Å². The van der Waals surface area contributed by atoms with Crippen molar-refractivity contribution in [3.8, 4) is 22.7 Å². The van der Waals surface area contributed by atoms with Gasteiger partial charge in [0.05, 0.1) is 16.8 Å². The van der Waals surface area contributed by atoms with Crippen LogP contribution in [0.15, 0.2) is 71.5 Å². The Morgan fingerprint density at radius 3 is 1.91 bits per heavy atom. The van der Waals surface area contributed by atoms with Crippen LogP contribution in [0.2, 0.25) is 16.6 Å². The van der Waals surface area contributed by atoms with E-state index in [1.807, 2.05) is 22.6 Å². The van der Waals surface area contributed by atoms with E-state index in [0.29, 0.717) is 16.6 Å². The molecule has 0 bridgehead atoms. The SMILES string of the molecule is Cc1ccc(-c2c(C#C[Si](C(C)C)(C(C)C)C(C)C)c3ccccc3c3cccc(=O)n23)cc1. The maximum Gasteiger partial charge on any atom is 0.255 e. The molecule has 0 spiro atoms. The number of pyridine rings is 2. The number of nitrogens with zero attached hydrogens (tertiary/aromatic N) is 1. The molecule has 0 aliphatic rings. The summed E-state index contributed by atoms with van der Waals surface area (Å²) in [5, 5.41) is 2.17. The van der Waals surface area contributed by atoms with Crippen LogP contribution in [0, 0.1) is 18.4 Å². The van der Waals surface area contributed by atoms with E-state index >= 15 is 0 Å². The Kier molecular flexibility index (Phi) is 6.56. The molecule has 0 saturated heterocycles. The van der Waals surface area contributed by atoms with Gasteiger partial charge in [-0.2, -0.15) is 0 Å². The Morgan fingerprint density at radius 2 is 1.32 bits per heavy atom. The molecule has 34 heavy (non-hydrogen) atoms. The summed E-state index contributed by atoms with van der Waals surface area (Å²) in [6.45, 7) is 16.1. The average Bonchev–Trinajstić information content (AvgIpc) is 2.79. The van der Waals surface area contributed by atoms with Gasteiger partial charge in [-0.25, -0.2) is 0 Å². The number of fused-ring (bicyclic) bond motifs is 3. The molecule has 4 rings (SSSR count). The lowest BCUT2D eigenvalue weighted by atomic mass is 9.97. The number of hydrogen-bond acceptors (Lipinski definition) is 1. The van der Waals surface area contributed by atoms with Gasteiger partial charge >= 0.3 is 0 Å². The number of benzene rings is 2. The zero-order valence-electron chi connectivity index (χ0n) is 21.4. The Labute approximate surface area is 204 Å². The zero-order valence-corrected chi connectivity index (χ0v) is 22.4. The minimum Gasteiger partial charge on any atom is -0.275 e. The van der Waals surface area contributed by atoms with Gasteiger partial charge in [-0.05, 0) is 35.2 Å². The molecule has 2 nitrogen and oxygen atoms in total. The highest BCUT2D eigenvalue weighted by Crippen LogP contribution is 2.41. The molecule has 2 heterocycles. The fourth-order valence-electron chi connectivity index (χ4n) is 5.81. The maximum atomic E-state index is 13.3. The van der Waals surface area contributed by atoms with Gasteiger partial charge in [0.25, 0.3) is 5.56 Å². The summed E-state index contributed by atoms with van der Waals surface area (Å²) >= 11 is 0. The number of aromatic nitrogens is 1. The molecule has 0 N–H and O–H groups in total. The van der Waals surface area contributed by atoms with Crippen LogP contribution < -0.4 is 5.56 Å². The van der Waals surface area contributed by atoms with Crippen molar-refractivity contribution in [2.75, 3.05) is 0 Å². The Balaban J connectivity index is 2.21. The number of aryl methyl sites for hydroxylation is 1. The summed E-state index contributed by atoms with van der Waals surface area (Å²) in [6, 6.07) is 22.3. The van der Waals surface area contributed by atoms with Crippen LogP contribution >= 0.6 is 0 Å². The lowest BCUT2D eigenvalue weighted by Gasteiger charge is -2.38. The van der Waals surface area contributed by atoms with E-state index in [4.69, 9.17) is 0 Å². The highest BCUT2D eigenvalue weighted by Gasteiger charge is 2.41. The Morgan fingerprint density at radius 1 is 0.735 bits per heavy atom. The van der Waals surface area contributed by atoms with Crippen LogP contribution in [0.4, 0.5) is 0 Å². The largest absolute Gasteiger partial charge is 0.275 e. The van der Waals surface area contributed by atoms with Crippen LogP contribution in [0.25, 0.3) is 27.5 Å². The van der Waals surface area contributed by atoms with Gasteiger partial charge in [0.15, 0.2) is 0 Å². The topological polar surface area (TPSA) is 21.5 Å². The van der Waals surface area contributed by atoms with Crippen LogP contribution in [0.1, 0.15) is 52.7 Å². The van der Waals surface area contributed by atoms with Gasteiger partial charge in [-0.1, -0.05) is 108 Å². The highest BCUT2D eigenvalue weighted by atomic mass is 28.3. The van der Waals surface area contributed by atoms with Gasteiger partial charge in [0.2, 0.25) is 0 Å². The standard InChI is InChI=1S/C31H35NOSi/c1-21(2)34(22(3)4,23(5)6)20-19-28-26-11-8-9-12-27(26)29-13-10-14-30(33)32(29)31(28)25-17-15-24(7)16-18-25/h8-18,21-23H,1-7H3. The van der Waals surface area contributed by atoms with Gasteiger partial charge in [0.1, 0.15) is 8.07 Å². The second-order valence-electron chi connectivity index (χ2n) is 10.4. The predicted octanol–water partition coefficient (Wildman–Crippen LogP) is 8.00. The lowest BCUT2D eigenvalue weighted by Crippen LogP contribution is -2.43. The molecule has 2 aromatic carbocycles. The fourth-order valence-corrected chi connectivity index (χ4v) is 11.0. The normalized spacial score (nSPS) is 12.1. The smallest absolute Gasteiger partial charge is 0.255 e. The first-order chi connectivity index (χ1) is 16.2. The van der Waals surface area contributed by atoms with E-state index < -0.39 is 8.07 Å². The summed E-state index contributed by atoms with van der Waals surface area (Å²) in [6.07, 6.45) is 0. The molecule has 0 fully saturated rings. The van der Waals surface area contributed by atoms with Gasteiger partial charge in [-0.3, -0.25) is 9.20 Å². The van der Waals surface area contributed by atoms with Gasteiger partial charge in [-0.15, -0.1) is 5.54 Å². The summed E-state index contributed by atoms with van der Waals surface area (Å²) in [5.74, 6) is 3.73. The molecule has 4 aromatic rings. The molecule has 0 aliphatic carbocycles. The van der Waals surface area contributed by atoms with E-state index in [1.54, 1.807) is 6.07 Å². The number of rotatable bonds is 4. The van der Waals surface area contributed by atoms with Crippen molar-refractivity contribution >= 4 is 24.4 Å². The minimum atomic E-state index is -1.96. The van der Waals surface area contributed by atoms with Crippen molar-refractivity contribution in [1.29, 1.82) is 0 Å². The van der Waals surface area contributed by atoms with Crippen LogP contribution in [0.3, 0.4) is 0 Å². The molecular weight excluding hydrogens is 430 g/mol. The molecule has 174 valence electrons.